The Morgan fingerprint density at radius 3 is 2.30 bits per heavy atom. The number of hydrogen-bond acceptors (Lipinski definition) is 4. The summed E-state index contributed by atoms with van der Waals surface area (Å²) in [5, 5.41) is 0. The van der Waals surface area contributed by atoms with Crippen LogP contribution in [0.4, 0.5) is 0 Å². The fourth-order valence-electron chi connectivity index (χ4n) is 2.49. The summed E-state index contributed by atoms with van der Waals surface area (Å²) in [6.07, 6.45) is 1.71. The molecule has 2 aromatic rings. The summed E-state index contributed by atoms with van der Waals surface area (Å²) < 4.78 is 10.4. The molecular formula is C19H17NO3. The molecule has 116 valence electrons. The van der Waals surface area contributed by atoms with E-state index in [2.05, 4.69) is 11.1 Å². The molecule has 1 aliphatic heterocycles. The van der Waals surface area contributed by atoms with Crippen LogP contribution in [0.1, 0.15) is 22.3 Å². The Morgan fingerprint density at radius 2 is 1.70 bits per heavy atom. The number of hydrogen-bond donors (Lipinski definition) is 0. The highest BCUT2D eigenvalue weighted by Gasteiger charge is 2.24. The van der Waals surface area contributed by atoms with Gasteiger partial charge in [0.05, 0.1) is 7.11 Å². The van der Waals surface area contributed by atoms with Crippen LogP contribution in [0.15, 0.2) is 53.2 Å². The number of nitrogens with zero attached hydrogens (tertiary/aromatic N) is 1. The topological polar surface area (TPSA) is 47.9 Å². The van der Waals surface area contributed by atoms with Gasteiger partial charge in [0.2, 0.25) is 5.90 Å². The summed E-state index contributed by atoms with van der Waals surface area (Å²) in [6.45, 7) is 4.00. The molecule has 0 N–H and O–H groups in total. The summed E-state index contributed by atoms with van der Waals surface area (Å²) in [5.41, 5.74) is 4.18. The lowest BCUT2D eigenvalue weighted by Crippen LogP contribution is -2.05. The van der Waals surface area contributed by atoms with Gasteiger partial charge in [0.25, 0.3) is 0 Å². The Balaban J connectivity index is 1.92. The monoisotopic (exact) mass is 307 g/mol. The van der Waals surface area contributed by atoms with E-state index in [9.17, 15) is 4.79 Å². The van der Waals surface area contributed by atoms with Gasteiger partial charge in [0.15, 0.2) is 5.70 Å². The van der Waals surface area contributed by atoms with Crippen molar-refractivity contribution in [1.29, 1.82) is 0 Å². The molecule has 1 aliphatic rings. The van der Waals surface area contributed by atoms with E-state index < -0.39 is 5.97 Å². The van der Waals surface area contributed by atoms with Crippen LogP contribution in [0.5, 0.6) is 5.75 Å². The van der Waals surface area contributed by atoms with Gasteiger partial charge >= 0.3 is 5.97 Å². The maximum atomic E-state index is 12.0. The summed E-state index contributed by atoms with van der Waals surface area (Å²) in [7, 11) is 1.61. The largest absolute Gasteiger partial charge is 0.497 e. The molecule has 0 saturated carbocycles. The van der Waals surface area contributed by atoms with Crippen LogP contribution in [0.2, 0.25) is 0 Å². The quantitative estimate of drug-likeness (QED) is 0.642. The SMILES string of the molecule is COc1ccc(/C=C2\N=C(c3cc(C)cc(C)c3)OC2=O)cc1. The average molecular weight is 307 g/mol. The lowest BCUT2D eigenvalue weighted by molar-refractivity contribution is -0.129. The normalized spacial score (nSPS) is 15.5. The lowest BCUT2D eigenvalue weighted by atomic mass is 10.1. The number of carbonyl (C=O) groups excluding carboxylic acids is 1. The fraction of sp³-hybridized carbons (Fsp3) is 0.158. The van der Waals surface area contributed by atoms with Crippen LogP contribution in [0.25, 0.3) is 6.08 Å². The van der Waals surface area contributed by atoms with Gasteiger partial charge < -0.3 is 9.47 Å². The number of benzene rings is 2. The molecule has 0 saturated heterocycles. The first kappa shape index (κ1) is 15.0. The molecule has 4 heteroatoms. The molecule has 0 aromatic heterocycles. The van der Waals surface area contributed by atoms with Crippen molar-refractivity contribution in [3.05, 3.63) is 70.4 Å². The minimum Gasteiger partial charge on any atom is -0.497 e. The molecule has 0 bridgehead atoms. The molecule has 3 rings (SSSR count). The maximum Gasteiger partial charge on any atom is 0.363 e. The van der Waals surface area contributed by atoms with Crippen LogP contribution < -0.4 is 4.74 Å². The van der Waals surface area contributed by atoms with E-state index in [1.165, 1.54) is 0 Å². The highest BCUT2D eigenvalue weighted by molar-refractivity contribution is 6.12. The molecule has 0 unspecified atom stereocenters. The second-order valence-electron chi connectivity index (χ2n) is 5.49. The Kier molecular flexibility index (Phi) is 3.98. The van der Waals surface area contributed by atoms with Crippen molar-refractivity contribution < 1.29 is 14.3 Å². The first-order chi connectivity index (χ1) is 11.0. The van der Waals surface area contributed by atoms with Crippen molar-refractivity contribution in [1.82, 2.24) is 0 Å². The summed E-state index contributed by atoms with van der Waals surface area (Å²) in [5.74, 6) is 0.678. The van der Waals surface area contributed by atoms with Crippen molar-refractivity contribution in [2.24, 2.45) is 4.99 Å². The third-order valence-electron chi connectivity index (χ3n) is 3.51. The van der Waals surface area contributed by atoms with Crippen molar-refractivity contribution in [3.8, 4) is 5.75 Å². The van der Waals surface area contributed by atoms with Crippen LogP contribution in [0, 0.1) is 13.8 Å². The van der Waals surface area contributed by atoms with Gasteiger partial charge in [-0.1, -0.05) is 29.3 Å². The average Bonchev–Trinajstić information content (AvgIpc) is 2.88. The molecule has 0 aliphatic carbocycles. The van der Waals surface area contributed by atoms with Gasteiger partial charge in [-0.25, -0.2) is 9.79 Å². The molecule has 0 atom stereocenters. The van der Waals surface area contributed by atoms with Crippen LogP contribution in [-0.2, 0) is 9.53 Å². The molecule has 2 aromatic carbocycles. The van der Waals surface area contributed by atoms with Gasteiger partial charge in [0, 0.05) is 5.56 Å². The van der Waals surface area contributed by atoms with E-state index in [0.717, 1.165) is 28.0 Å². The van der Waals surface area contributed by atoms with Gasteiger partial charge in [-0.2, -0.15) is 0 Å². The zero-order valence-electron chi connectivity index (χ0n) is 13.3. The second-order valence-corrected chi connectivity index (χ2v) is 5.49. The molecule has 0 amide bonds. The minimum absolute atomic E-state index is 0.296. The standard InChI is InChI=1S/C19H17NO3/c1-12-8-13(2)10-15(9-12)18-20-17(19(21)23-18)11-14-4-6-16(22-3)7-5-14/h4-11H,1-3H3/b17-11-. The predicted octanol–water partition coefficient (Wildman–Crippen LogP) is 3.66. The van der Waals surface area contributed by atoms with Crippen molar-refractivity contribution in [3.63, 3.8) is 0 Å². The third-order valence-corrected chi connectivity index (χ3v) is 3.51. The van der Waals surface area contributed by atoms with Crippen molar-refractivity contribution in [2.75, 3.05) is 7.11 Å². The summed E-state index contributed by atoms with van der Waals surface area (Å²) in [6, 6.07) is 13.4. The lowest BCUT2D eigenvalue weighted by Gasteiger charge is -2.03. The number of rotatable bonds is 3. The molecule has 0 spiro atoms. The maximum absolute atomic E-state index is 12.0. The Bertz CT molecular complexity index is 797. The predicted molar refractivity (Wildman–Crippen MR) is 89.5 cm³/mol. The minimum atomic E-state index is -0.435. The smallest absolute Gasteiger partial charge is 0.363 e. The van der Waals surface area contributed by atoms with E-state index in [0.29, 0.717) is 11.6 Å². The number of aryl methyl sites for hydroxylation is 2. The van der Waals surface area contributed by atoms with Crippen molar-refractivity contribution >= 4 is 17.9 Å². The molecule has 4 nitrogen and oxygen atoms in total. The van der Waals surface area contributed by atoms with Crippen LogP contribution in [-0.4, -0.2) is 19.0 Å². The molecule has 0 radical (unpaired) electrons. The van der Waals surface area contributed by atoms with Gasteiger partial charge in [0.1, 0.15) is 5.75 Å². The van der Waals surface area contributed by atoms with Gasteiger partial charge in [-0.15, -0.1) is 0 Å². The van der Waals surface area contributed by atoms with E-state index >= 15 is 0 Å². The number of aliphatic imine (C=N–C) groups is 1. The Hall–Kier alpha value is -2.88. The number of carbonyl (C=O) groups is 1. The van der Waals surface area contributed by atoms with Crippen molar-refractivity contribution in [2.45, 2.75) is 13.8 Å². The molecule has 1 heterocycles. The van der Waals surface area contributed by atoms with E-state index in [1.807, 2.05) is 50.2 Å². The third kappa shape index (κ3) is 3.31. The molecule has 0 fully saturated rings. The number of ether oxygens (including phenoxy) is 2. The number of methoxy groups -OCH3 is 1. The van der Waals surface area contributed by atoms with Crippen LogP contribution in [0.3, 0.4) is 0 Å². The first-order valence-corrected chi connectivity index (χ1v) is 7.30. The van der Waals surface area contributed by atoms with E-state index in [4.69, 9.17) is 9.47 Å². The summed E-state index contributed by atoms with van der Waals surface area (Å²) in [4.78, 5) is 16.4. The highest BCUT2D eigenvalue weighted by atomic mass is 16.6. The molecular weight excluding hydrogens is 290 g/mol. The Morgan fingerprint density at radius 1 is 1.04 bits per heavy atom. The van der Waals surface area contributed by atoms with Crippen LogP contribution >= 0.6 is 0 Å². The van der Waals surface area contributed by atoms with Gasteiger partial charge in [-0.05, 0) is 49.8 Å². The Labute approximate surface area is 135 Å². The number of esters is 1. The fourth-order valence-corrected chi connectivity index (χ4v) is 2.49. The summed E-state index contributed by atoms with van der Waals surface area (Å²) >= 11 is 0. The zero-order chi connectivity index (χ0) is 16.4. The van der Waals surface area contributed by atoms with Gasteiger partial charge in [-0.3, -0.25) is 0 Å². The first-order valence-electron chi connectivity index (χ1n) is 7.30. The highest BCUT2D eigenvalue weighted by Crippen LogP contribution is 2.21. The second kappa shape index (κ2) is 6.08. The van der Waals surface area contributed by atoms with E-state index in [-0.39, 0.29) is 0 Å². The van der Waals surface area contributed by atoms with E-state index in [1.54, 1.807) is 13.2 Å². The molecule has 23 heavy (non-hydrogen) atoms. The number of cyclic esters (lactones) is 1. The zero-order valence-corrected chi connectivity index (χ0v) is 13.3.